The van der Waals surface area contributed by atoms with Crippen LogP contribution in [0.5, 0.6) is 0 Å². The Kier molecular flexibility index (Phi) is 4.41. The average Bonchev–Trinajstić information content (AvgIpc) is 2.44. The number of benzene rings is 1. The Morgan fingerprint density at radius 3 is 2.84 bits per heavy atom. The lowest BCUT2D eigenvalue weighted by molar-refractivity contribution is 0.900. The highest BCUT2D eigenvalue weighted by atomic mass is 32.1. The molecule has 2 rings (SSSR count). The fourth-order valence-electron chi connectivity index (χ4n) is 1.66. The molecule has 4 nitrogen and oxygen atoms in total. The Balaban J connectivity index is 2.19. The molecule has 0 fully saturated rings. The van der Waals surface area contributed by atoms with Gasteiger partial charge < -0.3 is 5.32 Å². The zero-order chi connectivity index (χ0) is 13.7. The Bertz CT molecular complexity index is 622. The van der Waals surface area contributed by atoms with Gasteiger partial charge in [-0.1, -0.05) is 24.3 Å². The predicted octanol–water partition coefficient (Wildman–Crippen LogP) is 2.44. The van der Waals surface area contributed by atoms with Gasteiger partial charge in [-0.05, 0) is 38.2 Å². The van der Waals surface area contributed by atoms with E-state index in [4.69, 9.17) is 12.2 Å². The summed E-state index contributed by atoms with van der Waals surface area (Å²) >= 11 is 5.05. The molecule has 0 bridgehead atoms. The standard InChI is InChI=1S/C14H16N4S/c1-3-15-14(19)18-17-10(2)12-9-8-11-6-4-5-7-13(11)16-12/h4-9H,3H2,1-2H3,(H2,15,18,19)/b17-10-. The number of hydrogen-bond donors (Lipinski definition) is 2. The normalized spacial score (nSPS) is 11.4. The first kappa shape index (κ1) is 13.4. The maximum absolute atomic E-state index is 5.05. The van der Waals surface area contributed by atoms with Crippen LogP contribution < -0.4 is 10.7 Å². The van der Waals surface area contributed by atoms with Gasteiger partial charge in [0.25, 0.3) is 0 Å². The molecule has 1 aromatic carbocycles. The van der Waals surface area contributed by atoms with Crippen LogP contribution in [0.2, 0.25) is 0 Å². The highest BCUT2D eigenvalue weighted by molar-refractivity contribution is 7.80. The summed E-state index contributed by atoms with van der Waals surface area (Å²) in [5.74, 6) is 0. The second-order valence-corrected chi connectivity index (χ2v) is 4.47. The second kappa shape index (κ2) is 6.24. The molecule has 1 aromatic heterocycles. The third-order valence-corrected chi connectivity index (χ3v) is 2.87. The lowest BCUT2D eigenvalue weighted by atomic mass is 10.2. The van der Waals surface area contributed by atoms with E-state index in [9.17, 15) is 0 Å². The molecule has 2 N–H and O–H groups in total. The molecule has 0 saturated carbocycles. The van der Waals surface area contributed by atoms with Crippen molar-refractivity contribution in [1.29, 1.82) is 0 Å². The molecular formula is C14H16N4S. The number of hydrogen-bond acceptors (Lipinski definition) is 3. The fraction of sp³-hybridized carbons (Fsp3) is 0.214. The molecule has 19 heavy (non-hydrogen) atoms. The van der Waals surface area contributed by atoms with Crippen molar-refractivity contribution in [1.82, 2.24) is 15.7 Å². The number of para-hydroxylation sites is 1. The van der Waals surface area contributed by atoms with Crippen molar-refractivity contribution >= 4 is 33.9 Å². The van der Waals surface area contributed by atoms with Gasteiger partial charge in [-0.3, -0.25) is 5.43 Å². The summed E-state index contributed by atoms with van der Waals surface area (Å²) in [6.45, 7) is 4.66. The van der Waals surface area contributed by atoms with Crippen molar-refractivity contribution < 1.29 is 0 Å². The van der Waals surface area contributed by atoms with Crippen LogP contribution in [-0.4, -0.2) is 22.4 Å². The first-order valence-electron chi connectivity index (χ1n) is 6.15. The van der Waals surface area contributed by atoms with Crippen molar-refractivity contribution in [2.24, 2.45) is 5.10 Å². The minimum absolute atomic E-state index is 0.516. The zero-order valence-electron chi connectivity index (χ0n) is 11.0. The van der Waals surface area contributed by atoms with Gasteiger partial charge in [0.2, 0.25) is 0 Å². The second-order valence-electron chi connectivity index (χ2n) is 4.06. The number of fused-ring (bicyclic) bond motifs is 1. The van der Waals surface area contributed by atoms with Crippen LogP contribution in [0.25, 0.3) is 10.9 Å². The number of nitrogens with one attached hydrogen (secondary N) is 2. The summed E-state index contributed by atoms with van der Waals surface area (Å²) < 4.78 is 0. The molecule has 0 aliphatic carbocycles. The van der Waals surface area contributed by atoms with Gasteiger partial charge in [0.15, 0.2) is 5.11 Å². The molecule has 0 aliphatic rings. The van der Waals surface area contributed by atoms with Crippen molar-refractivity contribution in [2.45, 2.75) is 13.8 Å². The Hall–Kier alpha value is -2.01. The van der Waals surface area contributed by atoms with Gasteiger partial charge in [-0.15, -0.1) is 0 Å². The van der Waals surface area contributed by atoms with Crippen LogP contribution in [0.1, 0.15) is 19.5 Å². The number of aromatic nitrogens is 1. The molecule has 0 atom stereocenters. The Morgan fingerprint density at radius 2 is 2.05 bits per heavy atom. The molecule has 0 saturated heterocycles. The third-order valence-electron chi connectivity index (χ3n) is 2.63. The van der Waals surface area contributed by atoms with E-state index < -0.39 is 0 Å². The number of thiocarbonyl (C=S) groups is 1. The summed E-state index contributed by atoms with van der Waals surface area (Å²) in [5, 5.41) is 8.83. The predicted molar refractivity (Wildman–Crippen MR) is 83.4 cm³/mol. The topological polar surface area (TPSA) is 49.3 Å². The van der Waals surface area contributed by atoms with E-state index in [1.54, 1.807) is 0 Å². The minimum atomic E-state index is 0.516. The van der Waals surface area contributed by atoms with E-state index in [2.05, 4.69) is 20.8 Å². The zero-order valence-corrected chi connectivity index (χ0v) is 11.8. The number of nitrogens with zero attached hydrogens (tertiary/aromatic N) is 2. The van der Waals surface area contributed by atoms with E-state index in [1.807, 2.05) is 50.2 Å². The summed E-state index contributed by atoms with van der Waals surface area (Å²) in [4.78, 5) is 4.56. The summed E-state index contributed by atoms with van der Waals surface area (Å²) in [6.07, 6.45) is 0. The first-order valence-corrected chi connectivity index (χ1v) is 6.56. The first-order chi connectivity index (χ1) is 9.20. The highest BCUT2D eigenvalue weighted by Crippen LogP contribution is 2.12. The minimum Gasteiger partial charge on any atom is -0.362 e. The van der Waals surface area contributed by atoms with Crippen molar-refractivity contribution in [3.05, 3.63) is 42.1 Å². The van der Waals surface area contributed by atoms with E-state index in [-0.39, 0.29) is 0 Å². The Labute approximate surface area is 117 Å². The lowest BCUT2D eigenvalue weighted by Gasteiger charge is -2.06. The fourth-order valence-corrected chi connectivity index (χ4v) is 1.85. The number of rotatable bonds is 3. The largest absolute Gasteiger partial charge is 0.362 e. The average molecular weight is 272 g/mol. The third kappa shape index (κ3) is 3.48. The van der Waals surface area contributed by atoms with Crippen molar-refractivity contribution in [3.8, 4) is 0 Å². The summed E-state index contributed by atoms with van der Waals surface area (Å²) in [5.41, 5.74) is 5.40. The van der Waals surface area contributed by atoms with Crippen LogP contribution in [0.15, 0.2) is 41.5 Å². The molecule has 2 aromatic rings. The summed E-state index contributed by atoms with van der Waals surface area (Å²) in [6, 6.07) is 12.0. The van der Waals surface area contributed by atoms with Gasteiger partial charge in [0, 0.05) is 11.9 Å². The summed E-state index contributed by atoms with van der Waals surface area (Å²) in [7, 11) is 0. The van der Waals surface area contributed by atoms with Crippen LogP contribution in [0, 0.1) is 0 Å². The molecule has 0 radical (unpaired) electrons. The molecule has 0 unspecified atom stereocenters. The van der Waals surface area contributed by atoms with Gasteiger partial charge in [0.05, 0.1) is 16.9 Å². The van der Waals surface area contributed by atoms with Crippen molar-refractivity contribution in [2.75, 3.05) is 6.54 Å². The highest BCUT2D eigenvalue weighted by Gasteiger charge is 2.01. The molecule has 0 amide bonds. The number of hydrazone groups is 1. The van der Waals surface area contributed by atoms with E-state index in [0.29, 0.717) is 5.11 Å². The molecule has 0 spiro atoms. The smallest absolute Gasteiger partial charge is 0.186 e. The van der Waals surface area contributed by atoms with Gasteiger partial charge in [-0.25, -0.2) is 4.98 Å². The van der Waals surface area contributed by atoms with E-state index in [0.717, 1.165) is 28.9 Å². The quantitative estimate of drug-likeness (QED) is 0.512. The molecule has 5 heteroatoms. The van der Waals surface area contributed by atoms with Crippen LogP contribution in [0.3, 0.4) is 0 Å². The van der Waals surface area contributed by atoms with Crippen LogP contribution in [-0.2, 0) is 0 Å². The van der Waals surface area contributed by atoms with Crippen molar-refractivity contribution in [3.63, 3.8) is 0 Å². The maximum Gasteiger partial charge on any atom is 0.186 e. The van der Waals surface area contributed by atoms with E-state index in [1.165, 1.54) is 0 Å². The van der Waals surface area contributed by atoms with Gasteiger partial charge in [0.1, 0.15) is 0 Å². The molecule has 0 aliphatic heterocycles. The molecular weight excluding hydrogens is 256 g/mol. The monoisotopic (exact) mass is 272 g/mol. The molecule has 1 heterocycles. The van der Waals surface area contributed by atoms with Crippen LogP contribution >= 0.6 is 12.2 Å². The van der Waals surface area contributed by atoms with Crippen LogP contribution in [0.4, 0.5) is 0 Å². The van der Waals surface area contributed by atoms with E-state index >= 15 is 0 Å². The van der Waals surface area contributed by atoms with Gasteiger partial charge >= 0.3 is 0 Å². The maximum atomic E-state index is 5.05. The molecule has 98 valence electrons. The number of pyridine rings is 1. The Morgan fingerprint density at radius 1 is 1.26 bits per heavy atom. The van der Waals surface area contributed by atoms with Gasteiger partial charge in [-0.2, -0.15) is 5.10 Å². The lowest BCUT2D eigenvalue weighted by Crippen LogP contribution is -2.32. The SMILES string of the molecule is CCNC(=S)N/N=C(/C)c1ccc2ccccc2n1.